The Labute approximate surface area is 113 Å². The predicted octanol–water partition coefficient (Wildman–Crippen LogP) is 2.25. The van der Waals surface area contributed by atoms with Crippen molar-refractivity contribution in [1.82, 2.24) is 10.2 Å². The van der Waals surface area contributed by atoms with Crippen molar-refractivity contribution < 1.29 is 5.11 Å². The SMILES string of the molecule is CCCNCC1(CN(CC)CCO)CCCCC1. The smallest absolute Gasteiger partial charge is 0.0558 e. The van der Waals surface area contributed by atoms with Gasteiger partial charge in [0.05, 0.1) is 6.61 Å². The molecule has 0 saturated heterocycles. The molecule has 0 aromatic carbocycles. The Morgan fingerprint density at radius 3 is 2.44 bits per heavy atom. The van der Waals surface area contributed by atoms with E-state index >= 15 is 0 Å². The Bertz CT molecular complexity index is 203. The predicted molar refractivity (Wildman–Crippen MR) is 77.9 cm³/mol. The summed E-state index contributed by atoms with van der Waals surface area (Å²) in [4.78, 5) is 2.42. The summed E-state index contributed by atoms with van der Waals surface area (Å²) in [5.74, 6) is 0. The van der Waals surface area contributed by atoms with Gasteiger partial charge in [-0.1, -0.05) is 33.1 Å². The molecule has 18 heavy (non-hydrogen) atoms. The highest BCUT2D eigenvalue weighted by molar-refractivity contribution is 4.87. The van der Waals surface area contributed by atoms with Gasteiger partial charge in [-0.05, 0) is 37.8 Å². The normalized spacial score (nSPS) is 19.3. The van der Waals surface area contributed by atoms with Crippen LogP contribution in [-0.4, -0.2) is 49.3 Å². The third-order valence-corrected chi connectivity index (χ3v) is 4.26. The lowest BCUT2D eigenvalue weighted by atomic mass is 9.73. The molecule has 0 radical (unpaired) electrons. The van der Waals surface area contributed by atoms with Crippen molar-refractivity contribution in [2.24, 2.45) is 5.41 Å². The first-order valence-electron chi connectivity index (χ1n) is 7.80. The van der Waals surface area contributed by atoms with Gasteiger partial charge in [0.15, 0.2) is 0 Å². The molecule has 1 rings (SSSR count). The maximum atomic E-state index is 9.14. The number of nitrogens with one attached hydrogen (secondary N) is 1. The third-order valence-electron chi connectivity index (χ3n) is 4.26. The van der Waals surface area contributed by atoms with Gasteiger partial charge in [-0.25, -0.2) is 0 Å². The molecule has 1 fully saturated rings. The molecule has 2 N–H and O–H groups in total. The van der Waals surface area contributed by atoms with Gasteiger partial charge in [0.25, 0.3) is 0 Å². The van der Waals surface area contributed by atoms with Crippen molar-refractivity contribution in [2.75, 3.05) is 39.3 Å². The fourth-order valence-corrected chi connectivity index (χ4v) is 3.19. The number of likely N-dealkylation sites (N-methyl/N-ethyl adjacent to an activating group) is 1. The minimum Gasteiger partial charge on any atom is -0.395 e. The van der Waals surface area contributed by atoms with Crippen molar-refractivity contribution in [3.63, 3.8) is 0 Å². The Balaban J connectivity index is 2.52. The lowest BCUT2D eigenvalue weighted by Crippen LogP contribution is -2.46. The molecule has 1 saturated carbocycles. The number of hydrogen-bond acceptors (Lipinski definition) is 3. The highest BCUT2D eigenvalue weighted by atomic mass is 16.3. The standard InChI is InChI=1S/C15H32N2O/c1-3-10-16-13-15(8-6-5-7-9-15)14-17(4-2)11-12-18/h16,18H,3-14H2,1-2H3. The van der Waals surface area contributed by atoms with E-state index in [1.807, 2.05) is 0 Å². The molecule has 1 aliphatic carbocycles. The number of aliphatic hydroxyl groups excluding tert-OH is 1. The molecule has 0 unspecified atom stereocenters. The zero-order valence-electron chi connectivity index (χ0n) is 12.4. The van der Waals surface area contributed by atoms with Crippen molar-refractivity contribution in [3.8, 4) is 0 Å². The first kappa shape index (κ1) is 15.9. The fraction of sp³-hybridized carbons (Fsp3) is 1.00. The molecule has 0 heterocycles. The summed E-state index contributed by atoms with van der Waals surface area (Å²) in [6, 6.07) is 0. The van der Waals surface area contributed by atoms with Crippen LogP contribution in [0.3, 0.4) is 0 Å². The number of rotatable bonds is 9. The molecule has 0 amide bonds. The largest absolute Gasteiger partial charge is 0.395 e. The average Bonchev–Trinajstić information content (AvgIpc) is 2.40. The number of nitrogens with zero attached hydrogens (tertiary/aromatic N) is 1. The highest BCUT2D eigenvalue weighted by Gasteiger charge is 2.33. The van der Waals surface area contributed by atoms with E-state index in [1.165, 1.54) is 38.5 Å². The minimum atomic E-state index is 0.284. The van der Waals surface area contributed by atoms with E-state index in [2.05, 4.69) is 24.1 Å². The molecule has 0 bridgehead atoms. The van der Waals surface area contributed by atoms with Gasteiger partial charge in [-0.2, -0.15) is 0 Å². The molecular formula is C15H32N2O. The summed E-state index contributed by atoms with van der Waals surface area (Å²) in [7, 11) is 0. The van der Waals surface area contributed by atoms with Gasteiger partial charge >= 0.3 is 0 Å². The van der Waals surface area contributed by atoms with Crippen molar-refractivity contribution >= 4 is 0 Å². The summed E-state index contributed by atoms with van der Waals surface area (Å²) in [5, 5.41) is 12.8. The summed E-state index contributed by atoms with van der Waals surface area (Å²) < 4.78 is 0. The van der Waals surface area contributed by atoms with Crippen molar-refractivity contribution in [3.05, 3.63) is 0 Å². The molecule has 0 aromatic rings. The van der Waals surface area contributed by atoms with E-state index in [0.717, 1.165) is 32.7 Å². The van der Waals surface area contributed by atoms with E-state index in [9.17, 15) is 0 Å². The van der Waals surface area contributed by atoms with Gasteiger partial charge in [-0.15, -0.1) is 0 Å². The minimum absolute atomic E-state index is 0.284. The van der Waals surface area contributed by atoms with Gasteiger partial charge in [0.2, 0.25) is 0 Å². The van der Waals surface area contributed by atoms with Gasteiger partial charge in [-0.3, -0.25) is 0 Å². The second-order valence-corrected chi connectivity index (χ2v) is 5.83. The Morgan fingerprint density at radius 1 is 1.17 bits per heavy atom. The Hall–Kier alpha value is -0.120. The van der Waals surface area contributed by atoms with Crippen LogP contribution in [0.25, 0.3) is 0 Å². The third kappa shape index (κ3) is 5.25. The number of hydrogen-bond donors (Lipinski definition) is 2. The second kappa shape index (κ2) is 8.89. The van der Waals surface area contributed by atoms with Crippen LogP contribution in [0.4, 0.5) is 0 Å². The summed E-state index contributed by atoms with van der Waals surface area (Å²) in [6.07, 6.45) is 8.08. The molecule has 108 valence electrons. The number of aliphatic hydroxyl groups is 1. The first-order valence-corrected chi connectivity index (χ1v) is 7.80. The second-order valence-electron chi connectivity index (χ2n) is 5.83. The molecule has 0 aromatic heterocycles. The van der Waals surface area contributed by atoms with Crippen molar-refractivity contribution in [1.29, 1.82) is 0 Å². The quantitative estimate of drug-likeness (QED) is 0.621. The molecule has 0 spiro atoms. The van der Waals surface area contributed by atoms with Crippen LogP contribution >= 0.6 is 0 Å². The van der Waals surface area contributed by atoms with Crippen LogP contribution in [0.5, 0.6) is 0 Å². The summed E-state index contributed by atoms with van der Waals surface area (Å²) in [5.41, 5.74) is 0.457. The molecular weight excluding hydrogens is 224 g/mol. The van der Waals surface area contributed by atoms with E-state index < -0.39 is 0 Å². The topological polar surface area (TPSA) is 35.5 Å². The lowest BCUT2D eigenvalue weighted by molar-refractivity contribution is 0.0923. The maximum absolute atomic E-state index is 9.14. The monoisotopic (exact) mass is 256 g/mol. The van der Waals surface area contributed by atoms with E-state index in [-0.39, 0.29) is 6.61 Å². The van der Waals surface area contributed by atoms with Gasteiger partial charge < -0.3 is 15.3 Å². The highest BCUT2D eigenvalue weighted by Crippen LogP contribution is 2.36. The Kier molecular flexibility index (Phi) is 7.87. The van der Waals surface area contributed by atoms with Crippen molar-refractivity contribution in [2.45, 2.75) is 52.4 Å². The zero-order valence-corrected chi connectivity index (χ0v) is 12.4. The van der Waals surface area contributed by atoms with E-state index in [0.29, 0.717) is 5.41 Å². The maximum Gasteiger partial charge on any atom is 0.0558 e. The molecule has 0 aliphatic heterocycles. The summed E-state index contributed by atoms with van der Waals surface area (Å²) >= 11 is 0. The van der Waals surface area contributed by atoms with Crippen LogP contribution in [-0.2, 0) is 0 Å². The molecule has 1 aliphatic rings. The van der Waals surface area contributed by atoms with Crippen LogP contribution in [0.2, 0.25) is 0 Å². The van der Waals surface area contributed by atoms with Gasteiger partial charge in [0.1, 0.15) is 0 Å². The van der Waals surface area contributed by atoms with Gasteiger partial charge in [0, 0.05) is 19.6 Å². The zero-order chi connectivity index (χ0) is 13.3. The van der Waals surface area contributed by atoms with Crippen LogP contribution in [0.15, 0.2) is 0 Å². The fourth-order valence-electron chi connectivity index (χ4n) is 3.19. The molecule has 3 nitrogen and oxygen atoms in total. The van der Waals surface area contributed by atoms with E-state index in [4.69, 9.17) is 5.11 Å². The molecule has 0 atom stereocenters. The van der Waals surface area contributed by atoms with Crippen LogP contribution in [0, 0.1) is 5.41 Å². The summed E-state index contributed by atoms with van der Waals surface area (Å²) in [6.45, 7) is 10.0. The lowest BCUT2D eigenvalue weighted by Gasteiger charge is -2.41. The van der Waals surface area contributed by atoms with Crippen LogP contribution in [0.1, 0.15) is 52.4 Å². The van der Waals surface area contributed by atoms with E-state index in [1.54, 1.807) is 0 Å². The van der Waals surface area contributed by atoms with Crippen LogP contribution < -0.4 is 5.32 Å². The Morgan fingerprint density at radius 2 is 1.89 bits per heavy atom. The average molecular weight is 256 g/mol. The first-order chi connectivity index (χ1) is 8.76. The molecule has 3 heteroatoms.